The number of nitrogens with one attached hydrogen (secondary N) is 1. The first kappa shape index (κ1) is 24.5. The molecular formula is C30H28N2O4. The van der Waals surface area contributed by atoms with Gasteiger partial charge in [-0.05, 0) is 66.1 Å². The highest BCUT2D eigenvalue weighted by Gasteiger charge is 2.11. The third-order valence-corrected chi connectivity index (χ3v) is 5.45. The summed E-state index contributed by atoms with van der Waals surface area (Å²) in [5.74, 6) is 1.45. The van der Waals surface area contributed by atoms with Crippen LogP contribution >= 0.6 is 0 Å². The van der Waals surface area contributed by atoms with Gasteiger partial charge in [-0.2, -0.15) is 5.10 Å². The van der Waals surface area contributed by atoms with E-state index in [1.807, 2.05) is 54.6 Å². The van der Waals surface area contributed by atoms with Crippen LogP contribution in [0.15, 0.2) is 102 Å². The summed E-state index contributed by atoms with van der Waals surface area (Å²) in [5, 5.41) is 4.07. The second-order valence-corrected chi connectivity index (χ2v) is 8.18. The van der Waals surface area contributed by atoms with Gasteiger partial charge in [-0.15, -0.1) is 0 Å². The summed E-state index contributed by atoms with van der Waals surface area (Å²) in [5.41, 5.74) is 7.17. The van der Waals surface area contributed by atoms with Crippen LogP contribution in [-0.2, 0) is 13.2 Å². The maximum absolute atomic E-state index is 12.5. The summed E-state index contributed by atoms with van der Waals surface area (Å²) in [6.45, 7) is 2.97. The van der Waals surface area contributed by atoms with E-state index in [-0.39, 0.29) is 5.91 Å². The molecule has 0 bridgehead atoms. The lowest BCUT2D eigenvalue weighted by molar-refractivity contribution is 0.0954. The molecule has 0 heterocycles. The van der Waals surface area contributed by atoms with E-state index in [0.29, 0.717) is 30.3 Å². The Kier molecular flexibility index (Phi) is 8.33. The van der Waals surface area contributed by atoms with Gasteiger partial charge in [0.1, 0.15) is 19.0 Å². The van der Waals surface area contributed by atoms with Gasteiger partial charge in [0, 0.05) is 5.56 Å². The summed E-state index contributed by atoms with van der Waals surface area (Å²) in [7, 11) is 1.54. The van der Waals surface area contributed by atoms with Gasteiger partial charge >= 0.3 is 0 Å². The third-order valence-electron chi connectivity index (χ3n) is 5.45. The molecule has 1 N–H and O–H groups in total. The Labute approximate surface area is 211 Å². The van der Waals surface area contributed by atoms with Crippen LogP contribution in [0, 0.1) is 6.92 Å². The Morgan fingerprint density at radius 2 is 1.50 bits per heavy atom. The Hall–Kier alpha value is -4.58. The summed E-state index contributed by atoms with van der Waals surface area (Å²) >= 11 is 0. The summed E-state index contributed by atoms with van der Waals surface area (Å²) in [6.07, 6.45) is 1.58. The molecule has 6 nitrogen and oxygen atoms in total. The molecule has 0 atom stereocenters. The van der Waals surface area contributed by atoms with E-state index in [2.05, 4.69) is 41.7 Å². The molecule has 1 amide bonds. The first-order chi connectivity index (χ1) is 17.6. The van der Waals surface area contributed by atoms with E-state index in [1.54, 1.807) is 31.5 Å². The molecule has 0 spiro atoms. The van der Waals surface area contributed by atoms with Crippen molar-refractivity contribution >= 4 is 12.1 Å². The van der Waals surface area contributed by atoms with Crippen molar-refractivity contribution in [3.8, 4) is 17.2 Å². The monoisotopic (exact) mass is 480 g/mol. The first-order valence-electron chi connectivity index (χ1n) is 11.6. The second kappa shape index (κ2) is 12.2. The van der Waals surface area contributed by atoms with Crippen molar-refractivity contribution in [3.63, 3.8) is 0 Å². The lowest BCUT2D eigenvalue weighted by atomic mass is 10.2. The zero-order valence-corrected chi connectivity index (χ0v) is 20.3. The van der Waals surface area contributed by atoms with Crippen molar-refractivity contribution in [1.29, 1.82) is 0 Å². The lowest BCUT2D eigenvalue weighted by Crippen LogP contribution is -2.17. The number of amides is 1. The molecule has 0 fully saturated rings. The number of carbonyl (C=O) groups is 1. The molecule has 4 aromatic carbocycles. The number of rotatable bonds is 10. The highest BCUT2D eigenvalue weighted by molar-refractivity contribution is 5.95. The summed E-state index contributed by atoms with van der Waals surface area (Å²) in [6, 6.07) is 30.6. The Morgan fingerprint density at radius 1 is 0.806 bits per heavy atom. The zero-order valence-electron chi connectivity index (χ0n) is 20.3. The highest BCUT2D eigenvalue weighted by atomic mass is 16.5. The number of ether oxygens (including phenoxy) is 3. The fourth-order valence-electron chi connectivity index (χ4n) is 3.39. The highest BCUT2D eigenvalue weighted by Crippen LogP contribution is 2.29. The maximum Gasteiger partial charge on any atom is 0.271 e. The zero-order chi connectivity index (χ0) is 25.2. The predicted molar refractivity (Wildman–Crippen MR) is 141 cm³/mol. The number of hydrogen-bond donors (Lipinski definition) is 1. The normalized spacial score (nSPS) is 10.7. The Balaban J connectivity index is 1.29. The first-order valence-corrected chi connectivity index (χ1v) is 11.6. The number of hydrazone groups is 1. The van der Waals surface area contributed by atoms with Crippen LogP contribution in [-0.4, -0.2) is 19.2 Å². The van der Waals surface area contributed by atoms with E-state index >= 15 is 0 Å². The number of aryl methyl sites for hydroxylation is 1. The molecule has 0 saturated heterocycles. The van der Waals surface area contributed by atoms with E-state index in [1.165, 1.54) is 5.56 Å². The van der Waals surface area contributed by atoms with Gasteiger partial charge in [0.2, 0.25) is 0 Å². The average Bonchev–Trinajstić information content (AvgIpc) is 2.92. The molecule has 6 heteroatoms. The topological polar surface area (TPSA) is 69.2 Å². The van der Waals surface area contributed by atoms with Gasteiger partial charge in [0.15, 0.2) is 11.5 Å². The van der Waals surface area contributed by atoms with Crippen molar-refractivity contribution in [3.05, 3.63) is 125 Å². The number of hydrogen-bond acceptors (Lipinski definition) is 5. The standard InChI is InChI=1S/C30H28N2O4/c1-22-8-10-25(11-9-22)20-35-27-15-12-23(13-16-27)19-31-32-30(33)26-14-17-28(29(18-26)34-2)36-21-24-6-4-3-5-7-24/h3-19H,20-21H2,1-2H3,(H,32,33)/b31-19+. The summed E-state index contributed by atoms with van der Waals surface area (Å²) < 4.78 is 17.1. The van der Waals surface area contributed by atoms with Crippen molar-refractivity contribution in [1.82, 2.24) is 5.43 Å². The third kappa shape index (κ3) is 6.96. The molecule has 36 heavy (non-hydrogen) atoms. The van der Waals surface area contributed by atoms with E-state index in [4.69, 9.17) is 14.2 Å². The van der Waals surface area contributed by atoms with E-state index in [0.717, 1.165) is 22.4 Å². The molecule has 0 aliphatic heterocycles. The molecule has 182 valence electrons. The van der Waals surface area contributed by atoms with Crippen LogP contribution in [0.3, 0.4) is 0 Å². The molecule has 0 saturated carbocycles. The molecule has 0 aliphatic carbocycles. The quantitative estimate of drug-likeness (QED) is 0.226. The van der Waals surface area contributed by atoms with Crippen LogP contribution in [0.2, 0.25) is 0 Å². The van der Waals surface area contributed by atoms with Crippen molar-refractivity contribution in [2.45, 2.75) is 20.1 Å². The average molecular weight is 481 g/mol. The molecule has 0 aromatic heterocycles. The smallest absolute Gasteiger partial charge is 0.271 e. The molecule has 0 aliphatic rings. The molecule has 0 unspecified atom stereocenters. The van der Waals surface area contributed by atoms with Crippen molar-refractivity contribution in [2.75, 3.05) is 7.11 Å². The SMILES string of the molecule is COc1cc(C(=O)N/N=C/c2ccc(OCc3ccc(C)cc3)cc2)ccc1OCc1ccccc1. The van der Waals surface area contributed by atoms with Crippen molar-refractivity contribution < 1.29 is 19.0 Å². The molecule has 4 rings (SSSR count). The second-order valence-electron chi connectivity index (χ2n) is 8.18. The van der Waals surface area contributed by atoms with Crippen LogP contribution in [0.25, 0.3) is 0 Å². The van der Waals surface area contributed by atoms with Crippen LogP contribution in [0.4, 0.5) is 0 Å². The van der Waals surface area contributed by atoms with Gasteiger partial charge in [0.25, 0.3) is 5.91 Å². The van der Waals surface area contributed by atoms with Gasteiger partial charge in [-0.3, -0.25) is 4.79 Å². The van der Waals surface area contributed by atoms with Crippen molar-refractivity contribution in [2.24, 2.45) is 5.10 Å². The predicted octanol–water partition coefficient (Wildman–Crippen LogP) is 5.93. The Bertz CT molecular complexity index is 1300. The van der Waals surface area contributed by atoms with Gasteiger partial charge < -0.3 is 14.2 Å². The fraction of sp³-hybridized carbons (Fsp3) is 0.133. The van der Waals surface area contributed by atoms with Crippen LogP contribution < -0.4 is 19.6 Å². The minimum absolute atomic E-state index is 0.350. The fourth-order valence-corrected chi connectivity index (χ4v) is 3.39. The van der Waals surface area contributed by atoms with Gasteiger partial charge in [-0.1, -0.05) is 60.2 Å². The molecule has 4 aromatic rings. The van der Waals surface area contributed by atoms with E-state index in [9.17, 15) is 4.79 Å². The Morgan fingerprint density at radius 3 is 2.22 bits per heavy atom. The number of carbonyl (C=O) groups excluding carboxylic acids is 1. The molecule has 0 radical (unpaired) electrons. The number of methoxy groups -OCH3 is 1. The van der Waals surface area contributed by atoms with Crippen LogP contribution in [0.5, 0.6) is 17.2 Å². The maximum atomic E-state index is 12.5. The van der Waals surface area contributed by atoms with E-state index < -0.39 is 0 Å². The molecular weight excluding hydrogens is 452 g/mol. The number of benzene rings is 4. The number of nitrogens with zero attached hydrogens (tertiary/aromatic N) is 1. The summed E-state index contributed by atoms with van der Waals surface area (Å²) in [4.78, 5) is 12.5. The minimum atomic E-state index is -0.350. The minimum Gasteiger partial charge on any atom is -0.493 e. The van der Waals surface area contributed by atoms with Crippen LogP contribution in [0.1, 0.15) is 32.6 Å². The van der Waals surface area contributed by atoms with Gasteiger partial charge in [-0.25, -0.2) is 5.43 Å². The lowest BCUT2D eigenvalue weighted by Gasteiger charge is -2.12. The largest absolute Gasteiger partial charge is 0.493 e. The van der Waals surface area contributed by atoms with Gasteiger partial charge in [0.05, 0.1) is 13.3 Å².